The number of unbranched alkanes of at least 4 members (excludes halogenated alkanes) is 3. The third-order valence-electron chi connectivity index (χ3n) is 3.72. The van der Waals surface area contributed by atoms with Crippen LogP contribution in [0, 0.1) is 5.92 Å². The molecule has 2 aliphatic rings. The molecule has 0 radical (unpaired) electrons. The first-order valence-electron chi connectivity index (χ1n) is 7.40. The summed E-state index contributed by atoms with van der Waals surface area (Å²) in [5.74, 6) is 1.87. The molecule has 1 saturated heterocycles. The van der Waals surface area contributed by atoms with Crippen LogP contribution in [0.15, 0.2) is 0 Å². The fraction of sp³-hybridized carbons (Fsp3) is 0.857. The summed E-state index contributed by atoms with van der Waals surface area (Å²) < 4.78 is 0. The van der Waals surface area contributed by atoms with Crippen LogP contribution in [-0.4, -0.2) is 40.9 Å². The summed E-state index contributed by atoms with van der Waals surface area (Å²) in [4.78, 5) is 26.0. The molecule has 0 spiro atoms. The average molecular weight is 284 g/mol. The number of hydrogen-bond donors (Lipinski definition) is 1. The van der Waals surface area contributed by atoms with E-state index in [4.69, 9.17) is 0 Å². The van der Waals surface area contributed by atoms with E-state index in [0.29, 0.717) is 5.88 Å². The number of nitrogens with zero attached hydrogens (tertiary/aromatic N) is 1. The molecule has 108 valence electrons. The van der Waals surface area contributed by atoms with E-state index in [2.05, 4.69) is 12.2 Å². The zero-order valence-electron chi connectivity index (χ0n) is 11.7. The molecule has 0 aromatic heterocycles. The van der Waals surface area contributed by atoms with Gasteiger partial charge < -0.3 is 10.2 Å². The van der Waals surface area contributed by atoms with E-state index in [-0.39, 0.29) is 23.8 Å². The van der Waals surface area contributed by atoms with Crippen molar-refractivity contribution in [2.45, 2.75) is 51.5 Å². The topological polar surface area (TPSA) is 49.4 Å². The van der Waals surface area contributed by atoms with E-state index in [1.807, 2.05) is 0 Å². The second-order valence-corrected chi connectivity index (χ2v) is 6.45. The van der Waals surface area contributed by atoms with E-state index in [9.17, 15) is 9.59 Å². The Morgan fingerprint density at radius 1 is 1.26 bits per heavy atom. The molecule has 0 aromatic carbocycles. The number of carbonyl (C=O) groups is 2. The lowest BCUT2D eigenvalue weighted by Crippen LogP contribution is -2.47. The van der Waals surface area contributed by atoms with Crippen molar-refractivity contribution < 1.29 is 9.59 Å². The van der Waals surface area contributed by atoms with Crippen LogP contribution in [0.5, 0.6) is 0 Å². The molecule has 19 heavy (non-hydrogen) atoms. The summed E-state index contributed by atoms with van der Waals surface area (Å²) >= 11 is 1.68. The highest BCUT2D eigenvalue weighted by atomic mass is 32.2. The van der Waals surface area contributed by atoms with Crippen molar-refractivity contribution in [3.63, 3.8) is 0 Å². The quantitative estimate of drug-likeness (QED) is 0.727. The van der Waals surface area contributed by atoms with Gasteiger partial charge in [-0.2, -0.15) is 0 Å². The van der Waals surface area contributed by atoms with Crippen LogP contribution in [0.25, 0.3) is 0 Å². The molecule has 1 aliphatic heterocycles. The van der Waals surface area contributed by atoms with Crippen molar-refractivity contribution in [2.24, 2.45) is 5.92 Å². The van der Waals surface area contributed by atoms with Crippen LogP contribution in [0.1, 0.15) is 45.4 Å². The summed E-state index contributed by atoms with van der Waals surface area (Å²) in [5, 5.41) is 2.98. The molecular weight excluding hydrogens is 260 g/mol. The zero-order valence-corrected chi connectivity index (χ0v) is 12.5. The molecule has 2 amide bonds. The maximum Gasteiger partial charge on any atom is 0.243 e. The highest BCUT2D eigenvalue weighted by molar-refractivity contribution is 7.99. The molecule has 4 nitrogen and oxygen atoms in total. The van der Waals surface area contributed by atoms with E-state index >= 15 is 0 Å². The lowest BCUT2D eigenvalue weighted by atomic mass is 10.2. The van der Waals surface area contributed by atoms with Gasteiger partial charge in [-0.15, -0.1) is 11.8 Å². The molecule has 2 rings (SSSR count). The van der Waals surface area contributed by atoms with Gasteiger partial charge in [0.2, 0.25) is 11.8 Å². The first-order chi connectivity index (χ1) is 9.24. The highest BCUT2D eigenvalue weighted by Gasteiger charge is 2.41. The van der Waals surface area contributed by atoms with Gasteiger partial charge in [-0.3, -0.25) is 9.59 Å². The Hall–Kier alpha value is -0.710. The summed E-state index contributed by atoms with van der Waals surface area (Å²) in [7, 11) is 0. The fourth-order valence-corrected chi connectivity index (χ4v) is 3.49. The molecule has 1 heterocycles. The molecule has 1 saturated carbocycles. The number of nitrogens with one attached hydrogen (secondary N) is 1. The number of hydrogen-bond acceptors (Lipinski definition) is 3. The first kappa shape index (κ1) is 14.7. The predicted octanol–water partition coefficient (Wildman–Crippen LogP) is 1.99. The van der Waals surface area contributed by atoms with Crippen LogP contribution < -0.4 is 5.32 Å². The molecule has 1 N–H and O–H groups in total. The monoisotopic (exact) mass is 284 g/mol. The van der Waals surface area contributed by atoms with Gasteiger partial charge in [-0.25, -0.2) is 0 Å². The minimum atomic E-state index is -0.232. The van der Waals surface area contributed by atoms with E-state index < -0.39 is 0 Å². The predicted molar refractivity (Wildman–Crippen MR) is 77.8 cm³/mol. The van der Waals surface area contributed by atoms with Gasteiger partial charge in [0.1, 0.15) is 6.04 Å². The molecule has 5 heteroatoms. The van der Waals surface area contributed by atoms with Gasteiger partial charge in [-0.1, -0.05) is 26.2 Å². The lowest BCUT2D eigenvalue weighted by Gasteiger charge is -2.23. The zero-order chi connectivity index (χ0) is 13.7. The van der Waals surface area contributed by atoms with Gasteiger partial charge >= 0.3 is 0 Å². The Balaban J connectivity index is 1.72. The Labute approximate surface area is 119 Å². The summed E-state index contributed by atoms with van der Waals surface area (Å²) in [5.41, 5.74) is 0. The Bertz CT molecular complexity index is 331. The van der Waals surface area contributed by atoms with Crippen LogP contribution >= 0.6 is 11.8 Å². The first-order valence-corrected chi connectivity index (χ1v) is 8.55. The van der Waals surface area contributed by atoms with Crippen LogP contribution in [0.3, 0.4) is 0 Å². The molecule has 1 unspecified atom stereocenters. The van der Waals surface area contributed by atoms with Crippen molar-refractivity contribution in [2.75, 3.05) is 18.2 Å². The van der Waals surface area contributed by atoms with Crippen molar-refractivity contribution >= 4 is 23.6 Å². The van der Waals surface area contributed by atoms with Gasteiger partial charge in [0.25, 0.3) is 0 Å². The van der Waals surface area contributed by atoms with E-state index in [1.54, 1.807) is 16.7 Å². The number of thioether (sulfide) groups is 1. The summed E-state index contributed by atoms with van der Waals surface area (Å²) in [6, 6.07) is -0.232. The Morgan fingerprint density at radius 3 is 2.74 bits per heavy atom. The molecule has 2 fully saturated rings. The highest BCUT2D eigenvalue weighted by Crippen LogP contribution is 2.34. The second-order valence-electron chi connectivity index (χ2n) is 5.45. The van der Waals surface area contributed by atoms with Gasteiger partial charge in [0.15, 0.2) is 0 Å². The normalized spacial score (nSPS) is 22.6. The number of rotatable bonds is 7. The Morgan fingerprint density at radius 2 is 2.05 bits per heavy atom. The SMILES string of the molecule is CCCCCCNC(=O)C1CSCN1C(=O)C1CC1. The molecular formula is C14H24N2O2S. The van der Waals surface area contributed by atoms with E-state index in [0.717, 1.165) is 31.6 Å². The Kier molecular flexibility index (Phi) is 5.55. The van der Waals surface area contributed by atoms with E-state index in [1.165, 1.54) is 19.3 Å². The largest absolute Gasteiger partial charge is 0.354 e. The van der Waals surface area contributed by atoms with Crippen LogP contribution in [0.4, 0.5) is 0 Å². The van der Waals surface area contributed by atoms with Crippen molar-refractivity contribution in [3.05, 3.63) is 0 Å². The maximum atomic E-state index is 12.1. The number of amides is 2. The second kappa shape index (κ2) is 7.17. The minimum Gasteiger partial charge on any atom is -0.354 e. The van der Waals surface area contributed by atoms with Crippen LogP contribution in [-0.2, 0) is 9.59 Å². The fourth-order valence-electron chi connectivity index (χ4n) is 2.32. The molecule has 1 atom stereocenters. The van der Waals surface area contributed by atoms with Crippen molar-refractivity contribution in [3.8, 4) is 0 Å². The van der Waals surface area contributed by atoms with Gasteiger partial charge in [0.05, 0.1) is 5.88 Å². The maximum absolute atomic E-state index is 12.1. The third kappa shape index (κ3) is 4.13. The third-order valence-corrected chi connectivity index (χ3v) is 4.74. The molecule has 0 bridgehead atoms. The van der Waals surface area contributed by atoms with Crippen molar-refractivity contribution in [1.82, 2.24) is 10.2 Å². The minimum absolute atomic E-state index is 0.0375. The lowest BCUT2D eigenvalue weighted by molar-refractivity contribution is -0.138. The molecule has 1 aliphatic carbocycles. The van der Waals surface area contributed by atoms with Gasteiger partial charge in [-0.05, 0) is 19.3 Å². The number of carbonyl (C=O) groups excluding carboxylic acids is 2. The van der Waals surface area contributed by atoms with Crippen LogP contribution in [0.2, 0.25) is 0 Å². The molecule has 0 aromatic rings. The summed E-state index contributed by atoms with van der Waals surface area (Å²) in [6.07, 6.45) is 6.64. The smallest absolute Gasteiger partial charge is 0.243 e. The summed E-state index contributed by atoms with van der Waals surface area (Å²) in [6.45, 7) is 2.92. The average Bonchev–Trinajstić information content (AvgIpc) is 3.14. The van der Waals surface area contributed by atoms with Gasteiger partial charge in [0, 0.05) is 18.2 Å². The standard InChI is InChI=1S/C14H24N2O2S/c1-2-3-4-5-8-15-13(17)12-9-19-10-16(12)14(18)11-6-7-11/h11-12H,2-10H2,1H3,(H,15,17). The van der Waals surface area contributed by atoms with Crippen molar-refractivity contribution in [1.29, 1.82) is 0 Å².